The zero-order chi connectivity index (χ0) is 25.3. The lowest BCUT2D eigenvalue weighted by atomic mass is 10.1. The molecular formula is C27H23F3N4O2. The Morgan fingerprint density at radius 3 is 2.44 bits per heavy atom. The molecule has 0 amide bonds. The Hall–Kier alpha value is -4.27. The van der Waals surface area contributed by atoms with Crippen LogP contribution in [0.4, 0.5) is 19.0 Å². The molecule has 5 aromatic rings. The third kappa shape index (κ3) is 4.51. The van der Waals surface area contributed by atoms with Gasteiger partial charge < -0.3 is 19.8 Å². The molecule has 0 unspecified atom stereocenters. The van der Waals surface area contributed by atoms with Crippen molar-refractivity contribution in [2.75, 3.05) is 26.1 Å². The molecule has 5 rings (SSSR count). The van der Waals surface area contributed by atoms with Gasteiger partial charge in [-0.15, -0.1) is 0 Å². The van der Waals surface area contributed by atoms with Crippen molar-refractivity contribution in [1.29, 1.82) is 0 Å². The second kappa shape index (κ2) is 9.41. The first-order valence-electron chi connectivity index (χ1n) is 11.3. The highest BCUT2D eigenvalue weighted by atomic mass is 19.4. The fraction of sp³-hybridized carbons (Fsp3) is 0.185. The van der Waals surface area contributed by atoms with E-state index in [0.717, 1.165) is 28.6 Å². The van der Waals surface area contributed by atoms with Crippen LogP contribution in [0.3, 0.4) is 0 Å². The number of hydrogen-bond acceptors (Lipinski definition) is 5. The summed E-state index contributed by atoms with van der Waals surface area (Å²) in [5, 5.41) is 5.16. The van der Waals surface area contributed by atoms with Crippen LogP contribution in [0.5, 0.6) is 11.5 Å². The smallest absolute Gasteiger partial charge is 0.416 e. The quantitative estimate of drug-likeness (QED) is 0.273. The molecule has 36 heavy (non-hydrogen) atoms. The Morgan fingerprint density at radius 2 is 1.67 bits per heavy atom. The van der Waals surface area contributed by atoms with Crippen LogP contribution in [-0.2, 0) is 12.6 Å². The minimum Gasteiger partial charge on any atom is -0.493 e. The number of nitrogens with one attached hydrogen (secondary N) is 2. The van der Waals surface area contributed by atoms with Crippen LogP contribution in [0.25, 0.3) is 33.2 Å². The summed E-state index contributed by atoms with van der Waals surface area (Å²) in [4.78, 5) is 12.4. The number of para-hydroxylation sites is 1. The molecule has 0 saturated carbocycles. The first-order chi connectivity index (χ1) is 17.4. The highest BCUT2D eigenvalue weighted by Crippen LogP contribution is 2.36. The molecule has 0 aliphatic rings. The van der Waals surface area contributed by atoms with Crippen LogP contribution in [0.15, 0.2) is 66.9 Å². The van der Waals surface area contributed by atoms with E-state index in [0.29, 0.717) is 41.2 Å². The van der Waals surface area contributed by atoms with Gasteiger partial charge in [-0.25, -0.2) is 9.97 Å². The van der Waals surface area contributed by atoms with E-state index in [9.17, 15) is 13.2 Å². The van der Waals surface area contributed by atoms with Gasteiger partial charge >= 0.3 is 6.18 Å². The number of aromatic amines is 1. The molecule has 2 heterocycles. The van der Waals surface area contributed by atoms with Crippen molar-refractivity contribution in [3.8, 4) is 22.9 Å². The SMILES string of the molecule is COc1cc2nc(-c3cccc(C(F)(F)F)c3)nc(NCCc3c[nH]c4ccccc34)c2cc1OC. The zero-order valence-corrected chi connectivity index (χ0v) is 19.6. The van der Waals surface area contributed by atoms with Crippen LogP contribution >= 0.6 is 0 Å². The van der Waals surface area contributed by atoms with E-state index in [1.807, 2.05) is 24.4 Å². The molecule has 0 aliphatic heterocycles. The Labute approximate surface area is 205 Å². The molecule has 6 nitrogen and oxygen atoms in total. The van der Waals surface area contributed by atoms with Crippen molar-refractivity contribution in [3.05, 3.63) is 78.0 Å². The highest BCUT2D eigenvalue weighted by Gasteiger charge is 2.30. The van der Waals surface area contributed by atoms with Gasteiger partial charge in [-0.3, -0.25) is 0 Å². The number of H-pyrrole nitrogens is 1. The normalized spacial score (nSPS) is 11.7. The van der Waals surface area contributed by atoms with Crippen molar-refractivity contribution >= 4 is 27.6 Å². The maximum atomic E-state index is 13.3. The number of halogens is 3. The van der Waals surface area contributed by atoms with Gasteiger partial charge in [-0.2, -0.15) is 13.2 Å². The van der Waals surface area contributed by atoms with Gasteiger partial charge in [-0.05, 0) is 36.2 Å². The van der Waals surface area contributed by atoms with Crippen molar-refractivity contribution < 1.29 is 22.6 Å². The fourth-order valence-electron chi connectivity index (χ4n) is 4.21. The van der Waals surface area contributed by atoms with E-state index in [2.05, 4.69) is 26.3 Å². The lowest BCUT2D eigenvalue weighted by molar-refractivity contribution is -0.137. The van der Waals surface area contributed by atoms with E-state index < -0.39 is 11.7 Å². The molecule has 0 spiro atoms. The standard InChI is InChI=1S/C27H23F3N4O2/c1-35-23-13-20-22(14-24(23)36-2)33-25(16-6-5-7-18(12-16)27(28,29)30)34-26(20)31-11-10-17-15-32-21-9-4-3-8-19(17)21/h3-9,12-15,32H,10-11H2,1-2H3,(H,31,33,34). The van der Waals surface area contributed by atoms with Gasteiger partial charge in [0, 0.05) is 40.7 Å². The third-order valence-corrected chi connectivity index (χ3v) is 6.01. The number of alkyl halides is 3. The number of rotatable bonds is 7. The average molecular weight is 493 g/mol. The molecular weight excluding hydrogens is 469 g/mol. The molecule has 0 aliphatic carbocycles. The minimum atomic E-state index is -4.47. The number of fused-ring (bicyclic) bond motifs is 2. The van der Waals surface area contributed by atoms with Crippen LogP contribution < -0.4 is 14.8 Å². The van der Waals surface area contributed by atoms with Crippen molar-refractivity contribution in [1.82, 2.24) is 15.0 Å². The maximum absolute atomic E-state index is 13.3. The molecule has 2 N–H and O–H groups in total. The molecule has 0 atom stereocenters. The van der Waals surface area contributed by atoms with E-state index in [4.69, 9.17) is 9.47 Å². The Kier molecular flexibility index (Phi) is 6.13. The van der Waals surface area contributed by atoms with Gasteiger partial charge in [-0.1, -0.05) is 30.3 Å². The van der Waals surface area contributed by atoms with Crippen LogP contribution in [0, 0.1) is 0 Å². The molecule has 0 radical (unpaired) electrons. The van der Waals surface area contributed by atoms with E-state index >= 15 is 0 Å². The summed E-state index contributed by atoms with van der Waals surface area (Å²) in [6.07, 6.45) is -1.78. The summed E-state index contributed by atoms with van der Waals surface area (Å²) in [6.45, 7) is 0.546. The second-order valence-corrected chi connectivity index (χ2v) is 8.23. The van der Waals surface area contributed by atoms with E-state index in [-0.39, 0.29) is 11.4 Å². The van der Waals surface area contributed by atoms with Gasteiger partial charge in [0.15, 0.2) is 17.3 Å². The molecule has 2 aromatic heterocycles. The Balaban J connectivity index is 1.54. The average Bonchev–Trinajstić information content (AvgIpc) is 3.30. The number of nitrogens with zero attached hydrogens (tertiary/aromatic N) is 2. The number of methoxy groups -OCH3 is 2. The zero-order valence-electron chi connectivity index (χ0n) is 19.6. The molecule has 9 heteroatoms. The molecule has 0 saturated heterocycles. The fourth-order valence-corrected chi connectivity index (χ4v) is 4.21. The molecule has 3 aromatic carbocycles. The largest absolute Gasteiger partial charge is 0.493 e. The van der Waals surface area contributed by atoms with Crippen LogP contribution in [0.1, 0.15) is 11.1 Å². The summed E-state index contributed by atoms with van der Waals surface area (Å²) in [5.41, 5.74) is 2.23. The van der Waals surface area contributed by atoms with Gasteiger partial charge in [0.2, 0.25) is 0 Å². The number of anilines is 1. The first kappa shape index (κ1) is 23.5. The third-order valence-electron chi connectivity index (χ3n) is 6.01. The summed E-state index contributed by atoms with van der Waals surface area (Å²) >= 11 is 0. The summed E-state index contributed by atoms with van der Waals surface area (Å²) in [6, 6.07) is 16.5. The lowest BCUT2D eigenvalue weighted by Gasteiger charge is -2.14. The van der Waals surface area contributed by atoms with Crippen molar-refractivity contribution in [2.45, 2.75) is 12.6 Å². The van der Waals surface area contributed by atoms with Crippen LogP contribution in [0.2, 0.25) is 0 Å². The van der Waals surface area contributed by atoms with Gasteiger partial charge in [0.05, 0.1) is 25.3 Å². The van der Waals surface area contributed by atoms with Gasteiger partial charge in [0.1, 0.15) is 5.82 Å². The monoisotopic (exact) mass is 492 g/mol. The predicted molar refractivity (Wildman–Crippen MR) is 134 cm³/mol. The summed E-state index contributed by atoms with van der Waals surface area (Å²) in [5.74, 6) is 1.63. The van der Waals surface area contributed by atoms with E-state index in [1.54, 1.807) is 18.2 Å². The van der Waals surface area contributed by atoms with Crippen molar-refractivity contribution in [3.63, 3.8) is 0 Å². The molecule has 184 valence electrons. The number of hydrogen-bond donors (Lipinski definition) is 2. The van der Waals surface area contributed by atoms with Crippen molar-refractivity contribution in [2.24, 2.45) is 0 Å². The minimum absolute atomic E-state index is 0.176. The second-order valence-electron chi connectivity index (χ2n) is 8.23. The highest BCUT2D eigenvalue weighted by molar-refractivity contribution is 5.93. The molecule has 0 bridgehead atoms. The summed E-state index contributed by atoms with van der Waals surface area (Å²) in [7, 11) is 3.05. The van der Waals surface area contributed by atoms with E-state index in [1.165, 1.54) is 20.3 Å². The number of aromatic nitrogens is 3. The van der Waals surface area contributed by atoms with Gasteiger partial charge in [0.25, 0.3) is 0 Å². The topological polar surface area (TPSA) is 72.1 Å². The lowest BCUT2D eigenvalue weighted by Crippen LogP contribution is -2.09. The first-order valence-corrected chi connectivity index (χ1v) is 11.3. The predicted octanol–water partition coefficient (Wildman–Crippen LogP) is 6.47. The van der Waals surface area contributed by atoms with Crippen LogP contribution in [-0.4, -0.2) is 35.7 Å². The summed E-state index contributed by atoms with van der Waals surface area (Å²) < 4.78 is 50.8. The number of ether oxygens (including phenoxy) is 2. The molecule has 0 fully saturated rings. The Morgan fingerprint density at radius 1 is 0.889 bits per heavy atom. The Bertz CT molecular complexity index is 1550. The number of benzene rings is 3. The maximum Gasteiger partial charge on any atom is 0.416 e.